The van der Waals surface area contributed by atoms with Gasteiger partial charge in [0.15, 0.2) is 5.17 Å². The van der Waals surface area contributed by atoms with Gasteiger partial charge in [-0.25, -0.2) is 8.42 Å². The predicted molar refractivity (Wildman–Crippen MR) is 121 cm³/mol. The van der Waals surface area contributed by atoms with Gasteiger partial charge < -0.3 is 15.1 Å². The number of fused-ring (bicyclic) bond motifs is 3. The summed E-state index contributed by atoms with van der Waals surface area (Å²) in [7, 11) is -3.40. The number of nitrogens with zero attached hydrogens (tertiary/aromatic N) is 3. The number of para-hydroxylation sites is 2. The molecule has 1 fully saturated rings. The Labute approximate surface area is 180 Å². The van der Waals surface area contributed by atoms with Crippen molar-refractivity contribution < 1.29 is 13.2 Å². The molecule has 156 valence electrons. The Balaban J connectivity index is 1.38. The Morgan fingerprint density at radius 3 is 2.63 bits per heavy atom. The molecule has 2 aromatic carbocycles. The van der Waals surface area contributed by atoms with Gasteiger partial charge in [0.1, 0.15) is 0 Å². The van der Waals surface area contributed by atoms with Crippen molar-refractivity contribution in [2.45, 2.75) is 24.2 Å². The van der Waals surface area contributed by atoms with Crippen LogP contribution in [0.15, 0.2) is 51.8 Å². The molecule has 0 radical (unpaired) electrons. The lowest BCUT2D eigenvalue weighted by atomic mass is 10.1. The Morgan fingerprint density at radius 1 is 1.00 bits per heavy atom. The van der Waals surface area contributed by atoms with Gasteiger partial charge in [0.25, 0.3) is 15.9 Å². The highest BCUT2D eigenvalue weighted by Crippen LogP contribution is 2.42. The van der Waals surface area contributed by atoms with Gasteiger partial charge in [-0.2, -0.15) is 0 Å². The summed E-state index contributed by atoms with van der Waals surface area (Å²) >= 11 is 1.29. The number of hydrogen-bond acceptors (Lipinski definition) is 6. The molecule has 9 heteroatoms. The third-order valence-electron chi connectivity index (χ3n) is 5.58. The van der Waals surface area contributed by atoms with Crippen molar-refractivity contribution in [3.63, 3.8) is 0 Å². The molecule has 1 saturated heterocycles. The van der Waals surface area contributed by atoms with Crippen molar-refractivity contribution in [2.75, 3.05) is 40.5 Å². The van der Waals surface area contributed by atoms with E-state index >= 15 is 0 Å². The standard InChI is InChI=1S/C21H22N4O3S2/c26-20(22-16-6-2-3-7-17(16)24-10-4-1-5-11-24)15-8-9-18-19(14-15)29-21-23-30(27,28)13-12-25(18)21/h2-3,6-9,14H,1,4-5,10-13H2,(H,22,26). The van der Waals surface area contributed by atoms with E-state index < -0.39 is 10.0 Å². The number of anilines is 3. The van der Waals surface area contributed by atoms with Gasteiger partial charge in [-0.1, -0.05) is 12.1 Å². The van der Waals surface area contributed by atoms with Gasteiger partial charge in [-0.05, 0) is 61.4 Å². The zero-order chi connectivity index (χ0) is 20.7. The number of benzene rings is 2. The number of carbonyl (C=O) groups is 1. The first kappa shape index (κ1) is 19.4. The molecule has 0 saturated carbocycles. The molecule has 3 aliphatic rings. The van der Waals surface area contributed by atoms with Gasteiger partial charge in [0, 0.05) is 30.1 Å². The van der Waals surface area contributed by atoms with Crippen LogP contribution < -0.4 is 15.1 Å². The minimum absolute atomic E-state index is 0.00597. The van der Waals surface area contributed by atoms with Crippen LogP contribution in [0, 0.1) is 0 Å². The van der Waals surface area contributed by atoms with E-state index in [4.69, 9.17) is 0 Å². The largest absolute Gasteiger partial charge is 0.370 e. The smallest absolute Gasteiger partial charge is 0.257 e. The Morgan fingerprint density at radius 2 is 1.80 bits per heavy atom. The molecule has 1 amide bonds. The molecule has 0 atom stereocenters. The zero-order valence-electron chi connectivity index (χ0n) is 16.4. The summed E-state index contributed by atoms with van der Waals surface area (Å²) in [5, 5.41) is 3.52. The Hall–Kier alpha value is -2.52. The minimum Gasteiger partial charge on any atom is -0.370 e. The van der Waals surface area contributed by atoms with E-state index in [9.17, 15) is 13.2 Å². The molecule has 3 aliphatic heterocycles. The number of amides is 1. The lowest BCUT2D eigenvalue weighted by molar-refractivity contribution is 0.102. The minimum atomic E-state index is -3.40. The summed E-state index contributed by atoms with van der Waals surface area (Å²) in [6.45, 7) is 2.39. The van der Waals surface area contributed by atoms with E-state index in [1.54, 1.807) is 6.07 Å². The average molecular weight is 443 g/mol. The van der Waals surface area contributed by atoms with Crippen molar-refractivity contribution in [2.24, 2.45) is 4.40 Å². The molecule has 5 rings (SSSR count). The van der Waals surface area contributed by atoms with E-state index in [2.05, 4.69) is 20.7 Å². The summed E-state index contributed by atoms with van der Waals surface area (Å²) in [5.41, 5.74) is 3.31. The maximum Gasteiger partial charge on any atom is 0.257 e. The molecule has 7 nitrogen and oxygen atoms in total. The van der Waals surface area contributed by atoms with Gasteiger partial charge in [-0.3, -0.25) is 4.79 Å². The number of carbonyl (C=O) groups excluding carboxylic acids is 1. The molecule has 2 aromatic rings. The summed E-state index contributed by atoms with van der Waals surface area (Å²) in [6, 6.07) is 13.4. The summed E-state index contributed by atoms with van der Waals surface area (Å²) < 4.78 is 27.4. The molecule has 0 unspecified atom stereocenters. The highest BCUT2D eigenvalue weighted by atomic mass is 32.2. The number of nitrogens with one attached hydrogen (secondary N) is 1. The number of piperidine rings is 1. The Kier molecular flexibility index (Phi) is 4.94. The first-order valence-corrected chi connectivity index (χ1v) is 12.5. The maximum atomic E-state index is 13.0. The van der Waals surface area contributed by atoms with E-state index in [1.165, 1.54) is 31.0 Å². The zero-order valence-corrected chi connectivity index (χ0v) is 18.0. The van der Waals surface area contributed by atoms with Gasteiger partial charge >= 0.3 is 0 Å². The van der Waals surface area contributed by atoms with Crippen molar-refractivity contribution in [1.29, 1.82) is 0 Å². The van der Waals surface area contributed by atoms with Crippen LogP contribution in [-0.4, -0.2) is 44.9 Å². The topological polar surface area (TPSA) is 82.1 Å². The van der Waals surface area contributed by atoms with Crippen LogP contribution in [0.1, 0.15) is 29.6 Å². The molecule has 0 spiro atoms. The highest BCUT2D eigenvalue weighted by molar-refractivity contribution is 8.15. The molecule has 3 heterocycles. The fourth-order valence-electron chi connectivity index (χ4n) is 4.06. The van der Waals surface area contributed by atoms with Crippen molar-refractivity contribution in [3.8, 4) is 0 Å². The quantitative estimate of drug-likeness (QED) is 0.783. The van der Waals surface area contributed by atoms with E-state index in [0.29, 0.717) is 17.3 Å². The Bertz CT molecular complexity index is 1140. The molecular weight excluding hydrogens is 420 g/mol. The third kappa shape index (κ3) is 3.67. The van der Waals surface area contributed by atoms with Crippen LogP contribution in [0.3, 0.4) is 0 Å². The monoisotopic (exact) mass is 442 g/mol. The van der Waals surface area contributed by atoms with Crippen LogP contribution in [-0.2, 0) is 10.0 Å². The van der Waals surface area contributed by atoms with Crippen LogP contribution >= 0.6 is 11.8 Å². The predicted octanol–water partition coefficient (Wildman–Crippen LogP) is 3.54. The first-order chi connectivity index (χ1) is 14.5. The fraction of sp³-hybridized carbons (Fsp3) is 0.333. The van der Waals surface area contributed by atoms with Crippen LogP contribution in [0.5, 0.6) is 0 Å². The SMILES string of the molecule is O=C(Nc1ccccc1N1CCCCC1)c1ccc2c(c1)SC1=NS(=O)(=O)CCN12. The van der Waals surface area contributed by atoms with Gasteiger partial charge in [-0.15, -0.1) is 4.40 Å². The highest BCUT2D eigenvalue weighted by Gasteiger charge is 2.33. The van der Waals surface area contributed by atoms with Crippen LogP contribution in [0.4, 0.5) is 17.1 Å². The number of amidine groups is 1. The molecule has 0 aromatic heterocycles. The fourth-order valence-corrected chi connectivity index (χ4v) is 6.35. The van der Waals surface area contributed by atoms with Crippen molar-refractivity contribution >= 4 is 49.9 Å². The van der Waals surface area contributed by atoms with E-state index in [-0.39, 0.29) is 11.7 Å². The second-order valence-corrected chi connectivity index (χ2v) is 10.4. The molecule has 30 heavy (non-hydrogen) atoms. The van der Waals surface area contributed by atoms with Gasteiger partial charge in [0.2, 0.25) is 0 Å². The summed E-state index contributed by atoms with van der Waals surface area (Å²) in [5.74, 6) is -0.172. The number of sulfonamides is 1. The van der Waals surface area contributed by atoms with Crippen molar-refractivity contribution in [3.05, 3.63) is 48.0 Å². The van der Waals surface area contributed by atoms with Crippen LogP contribution in [0.25, 0.3) is 0 Å². The lowest BCUT2D eigenvalue weighted by Gasteiger charge is -2.30. The normalized spacial score (nSPS) is 19.7. The van der Waals surface area contributed by atoms with Crippen molar-refractivity contribution in [1.82, 2.24) is 0 Å². The maximum absolute atomic E-state index is 13.0. The second kappa shape index (κ2) is 7.63. The molecule has 0 aliphatic carbocycles. The second-order valence-electron chi connectivity index (χ2n) is 7.62. The van der Waals surface area contributed by atoms with E-state index in [0.717, 1.165) is 35.0 Å². The number of hydrogen-bond donors (Lipinski definition) is 1. The van der Waals surface area contributed by atoms with Crippen LogP contribution in [0.2, 0.25) is 0 Å². The van der Waals surface area contributed by atoms with E-state index in [1.807, 2.05) is 35.2 Å². The third-order valence-corrected chi connectivity index (χ3v) is 7.89. The first-order valence-electron chi connectivity index (χ1n) is 10.1. The molecule has 0 bridgehead atoms. The summed E-state index contributed by atoms with van der Waals surface area (Å²) in [6.07, 6.45) is 3.59. The summed E-state index contributed by atoms with van der Waals surface area (Å²) in [4.78, 5) is 18.1. The number of rotatable bonds is 3. The lowest BCUT2D eigenvalue weighted by Crippen LogP contribution is -2.35. The molecule has 1 N–H and O–H groups in total. The molecular formula is C21H22N4O3S2. The number of thioether (sulfide) groups is 1. The average Bonchev–Trinajstić information content (AvgIpc) is 3.10. The van der Waals surface area contributed by atoms with Gasteiger partial charge in [0.05, 0.1) is 22.8 Å².